The number of benzene rings is 2. The van der Waals surface area contributed by atoms with Crippen LogP contribution in [0.1, 0.15) is 47.9 Å². The third-order valence-corrected chi connectivity index (χ3v) is 4.05. The lowest BCUT2D eigenvalue weighted by atomic mass is 10.1. The number of hydrogen-bond donors (Lipinski definition) is 2. The Labute approximate surface area is 170 Å². The Morgan fingerprint density at radius 3 is 2.29 bits per heavy atom. The zero-order valence-corrected chi connectivity index (χ0v) is 17.1. The summed E-state index contributed by atoms with van der Waals surface area (Å²) in [5, 5.41) is 5.83. The summed E-state index contributed by atoms with van der Waals surface area (Å²) in [6.07, 6.45) is 0.830. The molecule has 2 N–H and O–H groups in total. The van der Waals surface area contributed by atoms with Crippen LogP contribution in [0.3, 0.4) is 0 Å². The highest BCUT2D eigenvalue weighted by Crippen LogP contribution is 2.37. The lowest BCUT2D eigenvalue weighted by Crippen LogP contribution is -2.22. The molecule has 0 unspecified atom stereocenters. The Balaban J connectivity index is 2.18. The van der Waals surface area contributed by atoms with Crippen molar-refractivity contribution in [1.82, 2.24) is 5.32 Å². The fourth-order valence-corrected chi connectivity index (χ4v) is 2.74. The topological polar surface area (TPSA) is 76.7 Å². The van der Waals surface area contributed by atoms with Gasteiger partial charge in [0, 0.05) is 23.4 Å². The standard InChI is InChI=1S/C21H25ClN2O4/c1-4-11-28-19-17(22)12-15(13-18(19)27-6-3)21(26)24-16-9-7-14(8-10-16)20(25)23-5-2/h7-10,12-13H,4-6,11H2,1-3H3,(H,23,25)(H,24,26). The average Bonchev–Trinajstić information content (AvgIpc) is 2.68. The van der Waals surface area contributed by atoms with Gasteiger partial charge in [0.1, 0.15) is 0 Å². The van der Waals surface area contributed by atoms with Crippen molar-refractivity contribution in [3.63, 3.8) is 0 Å². The van der Waals surface area contributed by atoms with E-state index in [4.69, 9.17) is 21.1 Å². The second-order valence-corrected chi connectivity index (χ2v) is 6.36. The fraction of sp³-hybridized carbons (Fsp3) is 0.333. The van der Waals surface area contributed by atoms with Crippen LogP contribution >= 0.6 is 11.6 Å². The summed E-state index contributed by atoms with van der Waals surface area (Å²) in [5.41, 5.74) is 1.45. The van der Waals surface area contributed by atoms with Gasteiger partial charge >= 0.3 is 0 Å². The number of ether oxygens (including phenoxy) is 2. The van der Waals surface area contributed by atoms with Gasteiger partial charge in [0.25, 0.3) is 11.8 Å². The third-order valence-electron chi connectivity index (χ3n) is 3.76. The van der Waals surface area contributed by atoms with Gasteiger partial charge < -0.3 is 20.1 Å². The molecule has 0 heterocycles. The molecule has 2 rings (SSSR count). The predicted molar refractivity (Wildman–Crippen MR) is 111 cm³/mol. The van der Waals surface area contributed by atoms with Gasteiger partial charge in [0.15, 0.2) is 11.5 Å². The lowest BCUT2D eigenvalue weighted by molar-refractivity contribution is 0.0955. The van der Waals surface area contributed by atoms with E-state index in [1.54, 1.807) is 36.4 Å². The molecule has 150 valence electrons. The zero-order chi connectivity index (χ0) is 20.5. The Kier molecular flexibility index (Phi) is 8.14. The van der Waals surface area contributed by atoms with E-state index >= 15 is 0 Å². The summed E-state index contributed by atoms with van der Waals surface area (Å²) in [6, 6.07) is 9.81. The van der Waals surface area contributed by atoms with Crippen LogP contribution < -0.4 is 20.1 Å². The van der Waals surface area contributed by atoms with E-state index in [2.05, 4.69) is 10.6 Å². The van der Waals surface area contributed by atoms with E-state index in [9.17, 15) is 9.59 Å². The van der Waals surface area contributed by atoms with Crippen molar-refractivity contribution in [3.05, 3.63) is 52.5 Å². The molecule has 0 aliphatic carbocycles. The van der Waals surface area contributed by atoms with Gasteiger partial charge in [-0.25, -0.2) is 0 Å². The molecule has 0 bridgehead atoms. The van der Waals surface area contributed by atoms with Crippen LogP contribution in [0.2, 0.25) is 5.02 Å². The first-order valence-corrected chi connectivity index (χ1v) is 9.66. The molecule has 6 nitrogen and oxygen atoms in total. The molecular formula is C21H25ClN2O4. The second kappa shape index (κ2) is 10.6. The van der Waals surface area contributed by atoms with Crippen LogP contribution in [-0.4, -0.2) is 31.6 Å². The number of nitrogens with one attached hydrogen (secondary N) is 2. The van der Waals surface area contributed by atoms with Gasteiger partial charge in [-0.15, -0.1) is 0 Å². The number of carbonyl (C=O) groups excluding carboxylic acids is 2. The predicted octanol–water partition coefficient (Wildman–Crippen LogP) is 4.53. The monoisotopic (exact) mass is 404 g/mol. The molecule has 0 saturated carbocycles. The van der Waals surface area contributed by atoms with Crippen molar-refractivity contribution in [1.29, 1.82) is 0 Å². The minimum Gasteiger partial charge on any atom is -0.490 e. The highest BCUT2D eigenvalue weighted by atomic mass is 35.5. The molecule has 2 aromatic carbocycles. The van der Waals surface area contributed by atoms with E-state index in [0.29, 0.717) is 53.1 Å². The van der Waals surface area contributed by atoms with Gasteiger partial charge in [0.2, 0.25) is 0 Å². The Morgan fingerprint density at radius 2 is 1.68 bits per heavy atom. The SMILES string of the molecule is CCCOc1c(Cl)cc(C(=O)Nc2ccc(C(=O)NCC)cc2)cc1OCC. The number of amides is 2. The molecule has 7 heteroatoms. The number of rotatable bonds is 9. The zero-order valence-electron chi connectivity index (χ0n) is 16.3. The summed E-state index contributed by atoms with van der Waals surface area (Å²) in [5.74, 6) is 0.375. The van der Waals surface area contributed by atoms with Crippen LogP contribution in [0.5, 0.6) is 11.5 Å². The Morgan fingerprint density at radius 1 is 0.964 bits per heavy atom. The first kappa shape index (κ1) is 21.6. The van der Waals surface area contributed by atoms with E-state index in [0.717, 1.165) is 6.42 Å². The number of carbonyl (C=O) groups is 2. The third kappa shape index (κ3) is 5.63. The number of hydrogen-bond acceptors (Lipinski definition) is 4. The van der Waals surface area contributed by atoms with Crippen LogP contribution in [-0.2, 0) is 0 Å². The van der Waals surface area contributed by atoms with E-state index in [1.165, 1.54) is 0 Å². The molecule has 28 heavy (non-hydrogen) atoms. The van der Waals surface area contributed by atoms with Crippen LogP contribution in [0, 0.1) is 0 Å². The molecule has 0 atom stereocenters. The van der Waals surface area contributed by atoms with Crippen molar-refractivity contribution in [2.75, 3.05) is 25.1 Å². The van der Waals surface area contributed by atoms with E-state index in [1.807, 2.05) is 20.8 Å². The average molecular weight is 405 g/mol. The fourth-order valence-electron chi connectivity index (χ4n) is 2.48. The maximum Gasteiger partial charge on any atom is 0.255 e. The maximum absolute atomic E-state index is 12.6. The highest BCUT2D eigenvalue weighted by molar-refractivity contribution is 6.32. The van der Waals surface area contributed by atoms with Crippen molar-refractivity contribution in [2.45, 2.75) is 27.2 Å². The summed E-state index contributed by atoms with van der Waals surface area (Å²) >= 11 is 6.31. The first-order chi connectivity index (χ1) is 13.5. The molecule has 0 radical (unpaired) electrons. The summed E-state index contributed by atoms with van der Waals surface area (Å²) in [7, 11) is 0. The van der Waals surface area contributed by atoms with Gasteiger partial charge in [-0.2, -0.15) is 0 Å². The molecule has 0 fully saturated rings. The molecule has 0 saturated heterocycles. The molecule has 0 aliphatic heterocycles. The largest absolute Gasteiger partial charge is 0.490 e. The lowest BCUT2D eigenvalue weighted by Gasteiger charge is -2.15. The van der Waals surface area contributed by atoms with E-state index < -0.39 is 0 Å². The van der Waals surface area contributed by atoms with E-state index in [-0.39, 0.29) is 11.8 Å². The minimum absolute atomic E-state index is 0.156. The molecule has 2 amide bonds. The van der Waals surface area contributed by atoms with Gasteiger partial charge in [-0.3, -0.25) is 9.59 Å². The highest BCUT2D eigenvalue weighted by Gasteiger charge is 2.16. The molecular weight excluding hydrogens is 380 g/mol. The molecule has 0 aromatic heterocycles. The van der Waals surface area contributed by atoms with Crippen molar-refractivity contribution in [2.24, 2.45) is 0 Å². The minimum atomic E-state index is -0.337. The van der Waals surface area contributed by atoms with Crippen LogP contribution in [0.15, 0.2) is 36.4 Å². The second-order valence-electron chi connectivity index (χ2n) is 5.96. The summed E-state index contributed by atoms with van der Waals surface area (Å²) in [4.78, 5) is 24.4. The quantitative estimate of drug-likeness (QED) is 0.643. The normalized spacial score (nSPS) is 10.3. The smallest absolute Gasteiger partial charge is 0.255 e. The number of halogens is 1. The molecule has 0 aliphatic rings. The van der Waals surface area contributed by atoms with Crippen LogP contribution in [0.25, 0.3) is 0 Å². The van der Waals surface area contributed by atoms with Crippen LogP contribution in [0.4, 0.5) is 5.69 Å². The summed E-state index contributed by atoms with van der Waals surface area (Å²) in [6.45, 7) is 7.17. The van der Waals surface area contributed by atoms with Gasteiger partial charge in [-0.05, 0) is 56.7 Å². The Bertz CT molecular complexity index is 822. The van der Waals surface area contributed by atoms with Crippen molar-refractivity contribution < 1.29 is 19.1 Å². The first-order valence-electron chi connectivity index (χ1n) is 9.28. The number of anilines is 1. The molecule has 2 aromatic rings. The summed E-state index contributed by atoms with van der Waals surface area (Å²) < 4.78 is 11.2. The van der Waals surface area contributed by atoms with Crippen molar-refractivity contribution >= 4 is 29.1 Å². The maximum atomic E-state index is 12.6. The molecule has 0 spiro atoms. The van der Waals surface area contributed by atoms with Gasteiger partial charge in [0.05, 0.1) is 18.2 Å². The Hall–Kier alpha value is -2.73. The van der Waals surface area contributed by atoms with Gasteiger partial charge in [-0.1, -0.05) is 18.5 Å². The van der Waals surface area contributed by atoms with Crippen molar-refractivity contribution in [3.8, 4) is 11.5 Å².